The van der Waals surface area contributed by atoms with Crippen molar-refractivity contribution in [1.82, 2.24) is 0 Å². The molecule has 1 aliphatic heterocycles. The third kappa shape index (κ3) is 2.84. The number of nitrogens with one attached hydrogen (secondary N) is 1. The molecule has 0 saturated carbocycles. The minimum Gasteiger partial charge on any atom is -0.462 e. The molecule has 1 fully saturated rings. The molecule has 22 heavy (non-hydrogen) atoms. The van der Waals surface area contributed by atoms with E-state index in [1.54, 1.807) is 6.92 Å². The fourth-order valence-corrected chi connectivity index (χ4v) is 3.61. The number of hydrogen-bond acceptors (Lipinski definition) is 5. The molecule has 2 heterocycles. The normalized spacial score (nSPS) is 17.6. The zero-order chi connectivity index (χ0) is 15.5. The van der Waals surface area contributed by atoms with Crippen molar-refractivity contribution in [2.75, 3.05) is 18.5 Å². The highest BCUT2D eigenvalue weighted by molar-refractivity contribution is 7.23. The van der Waals surface area contributed by atoms with Crippen LogP contribution in [0.5, 0.6) is 0 Å². The molecule has 1 aliphatic rings. The number of ether oxygens (including phenoxy) is 2. The summed E-state index contributed by atoms with van der Waals surface area (Å²) in [7, 11) is 0. The smallest absolute Gasteiger partial charge is 0.341 e. The largest absolute Gasteiger partial charge is 0.462 e. The highest BCUT2D eigenvalue weighted by atomic mass is 32.1. The second-order valence-electron chi connectivity index (χ2n) is 5.01. The van der Waals surface area contributed by atoms with Crippen LogP contribution in [0.3, 0.4) is 0 Å². The predicted molar refractivity (Wildman–Crippen MR) is 85.4 cm³/mol. The molecule has 0 radical (unpaired) electrons. The number of rotatable bonds is 4. The molecule has 2 aromatic rings. The van der Waals surface area contributed by atoms with E-state index in [-0.39, 0.29) is 5.91 Å². The van der Waals surface area contributed by atoms with Crippen LogP contribution in [-0.2, 0) is 14.3 Å². The quantitative estimate of drug-likeness (QED) is 0.879. The van der Waals surface area contributed by atoms with Gasteiger partial charge in [-0.3, -0.25) is 4.79 Å². The summed E-state index contributed by atoms with van der Waals surface area (Å²) in [6.45, 7) is 2.66. The Labute approximate surface area is 132 Å². The molecule has 116 valence electrons. The lowest BCUT2D eigenvalue weighted by molar-refractivity contribution is -0.124. The molecule has 1 aromatic heterocycles. The van der Waals surface area contributed by atoms with Crippen LogP contribution in [-0.4, -0.2) is 31.2 Å². The van der Waals surface area contributed by atoms with Gasteiger partial charge in [-0.2, -0.15) is 0 Å². The Bertz CT molecular complexity index is 703. The molecule has 1 amide bonds. The summed E-state index contributed by atoms with van der Waals surface area (Å²) >= 11 is 1.38. The van der Waals surface area contributed by atoms with Crippen molar-refractivity contribution in [2.24, 2.45) is 0 Å². The van der Waals surface area contributed by atoms with Crippen LogP contribution in [0.25, 0.3) is 10.1 Å². The highest BCUT2D eigenvalue weighted by Gasteiger charge is 2.27. The molecule has 1 saturated heterocycles. The van der Waals surface area contributed by atoms with Crippen molar-refractivity contribution < 1.29 is 19.1 Å². The van der Waals surface area contributed by atoms with Gasteiger partial charge in [0.1, 0.15) is 16.7 Å². The standard InChI is InChI=1S/C16H17NO4S/c1-2-20-16(19)13-10-6-3-4-8-12(10)22-15(13)17-14(18)11-7-5-9-21-11/h3-4,6,8,11H,2,5,7,9H2,1H3,(H,17,18)/t11-/m0/s1. The molecule has 1 N–H and O–H groups in total. The maximum atomic E-state index is 12.2. The lowest BCUT2D eigenvalue weighted by Crippen LogP contribution is -2.27. The number of thiophene rings is 1. The fraction of sp³-hybridized carbons (Fsp3) is 0.375. The van der Waals surface area contributed by atoms with E-state index < -0.39 is 12.1 Å². The van der Waals surface area contributed by atoms with Crippen LogP contribution in [0.15, 0.2) is 24.3 Å². The Kier molecular flexibility index (Phi) is 4.40. The van der Waals surface area contributed by atoms with Gasteiger partial charge < -0.3 is 14.8 Å². The summed E-state index contributed by atoms with van der Waals surface area (Å²) in [5, 5.41) is 4.16. The maximum Gasteiger partial charge on any atom is 0.341 e. The molecule has 0 bridgehead atoms. The van der Waals surface area contributed by atoms with Crippen LogP contribution < -0.4 is 5.32 Å². The fourth-order valence-electron chi connectivity index (χ4n) is 2.52. The van der Waals surface area contributed by atoms with Gasteiger partial charge in [-0.05, 0) is 25.8 Å². The van der Waals surface area contributed by atoms with Gasteiger partial charge in [0.15, 0.2) is 0 Å². The zero-order valence-electron chi connectivity index (χ0n) is 12.3. The van der Waals surface area contributed by atoms with Crippen LogP contribution in [0.4, 0.5) is 5.00 Å². The first-order valence-electron chi connectivity index (χ1n) is 7.32. The van der Waals surface area contributed by atoms with E-state index in [0.717, 1.165) is 16.5 Å². The van der Waals surface area contributed by atoms with E-state index in [1.165, 1.54) is 11.3 Å². The van der Waals surface area contributed by atoms with Crippen molar-refractivity contribution in [2.45, 2.75) is 25.9 Å². The Morgan fingerprint density at radius 3 is 2.95 bits per heavy atom. The maximum absolute atomic E-state index is 12.2. The van der Waals surface area contributed by atoms with E-state index in [9.17, 15) is 9.59 Å². The van der Waals surface area contributed by atoms with Gasteiger partial charge in [-0.25, -0.2) is 4.79 Å². The molecule has 1 atom stereocenters. The van der Waals surface area contributed by atoms with Gasteiger partial charge in [-0.1, -0.05) is 18.2 Å². The first kappa shape index (κ1) is 15.0. The number of amides is 1. The second kappa shape index (κ2) is 6.46. The summed E-state index contributed by atoms with van der Waals surface area (Å²) < 4.78 is 11.5. The minimum absolute atomic E-state index is 0.199. The number of anilines is 1. The van der Waals surface area contributed by atoms with Gasteiger partial charge in [0, 0.05) is 16.7 Å². The average molecular weight is 319 g/mol. The van der Waals surface area contributed by atoms with Crippen molar-refractivity contribution in [3.63, 3.8) is 0 Å². The molecule has 0 unspecified atom stereocenters. The summed E-state index contributed by atoms with van der Waals surface area (Å²) in [5.74, 6) is -0.614. The van der Waals surface area contributed by atoms with E-state index in [4.69, 9.17) is 9.47 Å². The van der Waals surface area contributed by atoms with E-state index in [0.29, 0.717) is 30.2 Å². The van der Waals surface area contributed by atoms with Crippen LogP contribution in [0, 0.1) is 0 Å². The molecule has 0 spiro atoms. The lowest BCUT2D eigenvalue weighted by atomic mass is 10.1. The molecule has 3 rings (SSSR count). The topological polar surface area (TPSA) is 64.6 Å². The Morgan fingerprint density at radius 2 is 2.23 bits per heavy atom. The van der Waals surface area contributed by atoms with E-state index in [1.807, 2.05) is 24.3 Å². The van der Waals surface area contributed by atoms with Gasteiger partial charge in [-0.15, -0.1) is 11.3 Å². The molecular formula is C16H17NO4S. The molecular weight excluding hydrogens is 302 g/mol. The van der Waals surface area contributed by atoms with Gasteiger partial charge in [0.25, 0.3) is 5.91 Å². The average Bonchev–Trinajstić information content (AvgIpc) is 3.14. The summed E-state index contributed by atoms with van der Waals surface area (Å²) in [6.07, 6.45) is 1.17. The number of esters is 1. The Hall–Kier alpha value is -1.92. The van der Waals surface area contributed by atoms with Crippen LogP contribution in [0.1, 0.15) is 30.1 Å². The number of hydrogen-bond donors (Lipinski definition) is 1. The van der Waals surface area contributed by atoms with Crippen molar-refractivity contribution in [3.05, 3.63) is 29.8 Å². The van der Waals surface area contributed by atoms with Crippen LogP contribution >= 0.6 is 11.3 Å². The van der Waals surface area contributed by atoms with Crippen molar-refractivity contribution >= 4 is 38.3 Å². The number of carbonyl (C=O) groups excluding carboxylic acids is 2. The highest BCUT2D eigenvalue weighted by Crippen LogP contribution is 2.36. The van der Waals surface area contributed by atoms with E-state index >= 15 is 0 Å². The summed E-state index contributed by atoms with van der Waals surface area (Å²) in [5.41, 5.74) is 0.425. The minimum atomic E-state index is -0.430. The number of fused-ring (bicyclic) bond motifs is 1. The first-order chi connectivity index (χ1) is 10.7. The SMILES string of the molecule is CCOC(=O)c1c(NC(=O)[C@@H]2CCCO2)sc2ccccc12. The van der Waals surface area contributed by atoms with E-state index in [2.05, 4.69) is 5.32 Å². The Morgan fingerprint density at radius 1 is 1.41 bits per heavy atom. The monoisotopic (exact) mass is 319 g/mol. The molecule has 5 nitrogen and oxygen atoms in total. The third-order valence-electron chi connectivity index (χ3n) is 3.53. The second-order valence-corrected chi connectivity index (χ2v) is 6.07. The molecule has 6 heteroatoms. The van der Waals surface area contributed by atoms with Crippen LogP contribution in [0.2, 0.25) is 0 Å². The first-order valence-corrected chi connectivity index (χ1v) is 8.13. The number of carbonyl (C=O) groups is 2. The zero-order valence-corrected chi connectivity index (χ0v) is 13.1. The van der Waals surface area contributed by atoms with Crippen molar-refractivity contribution in [1.29, 1.82) is 0 Å². The summed E-state index contributed by atoms with van der Waals surface area (Å²) in [4.78, 5) is 24.5. The summed E-state index contributed by atoms with van der Waals surface area (Å²) in [6, 6.07) is 7.55. The number of benzene rings is 1. The predicted octanol–water partition coefficient (Wildman–Crippen LogP) is 3.20. The lowest BCUT2D eigenvalue weighted by Gasteiger charge is -2.10. The molecule has 1 aromatic carbocycles. The van der Waals surface area contributed by atoms with Gasteiger partial charge >= 0.3 is 5.97 Å². The third-order valence-corrected chi connectivity index (χ3v) is 4.62. The molecule has 0 aliphatic carbocycles. The van der Waals surface area contributed by atoms with Gasteiger partial charge in [0.05, 0.1) is 6.61 Å². The van der Waals surface area contributed by atoms with Gasteiger partial charge in [0.2, 0.25) is 0 Å². The Balaban J connectivity index is 1.95. The van der Waals surface area contributed by atoms with Crippen molar-refractivity contribution in [3.8, 4) is 0 Å².